The Kier molecular flexibility index (Phi) is 4.84. The molecule has 68 valence electrons. The summed E-state index contributed by atoms with van der Waals surface area (Å²) in [5, 5.41) is 0. The van der Waals surface area contributed by atoms with Gasteiger partial charge in [0.05, 0.1) is 0 Å². The molecule has 0 amide bonds. The first-order valence-electron chi connectivity index (χ1n) is 4.21. The van der Waals surface area contributed by atoms with E-state index < -0.39 is 0 Å². The van der Waals surface area contributed by atoms with E-state index in [2.05, 4.69) is 6.58 Å². The van der Waals surface area contributed by atoms with E-state index in [0.29, 0.717) is 12.2 Å². The molecule has 0 aliphatic carbocycles. The van der Waals surface area contributed by atoms with E-state index in [4.69, 9.17) is 0 Å². The fourth-order valence-corrected chi connectivity index (χ4v) is 3.84. The Labute approximate surface area is 82.4 Å². The highest BCUT2D eigenvalue weighted by Crippen LogP contribution is 2.31. The molecule has 0 N–H and O–H groups in total. The Morgan fingerprint density at radius 1 is 1.50 bits per heavy atom. The standard InChI is InChI=1S/C9H14OS2/c1-2-3-5-8(10)9-11-6-4-7-12-9/h2,9H,1,3-7H2. The van der Waals surface area contributed by atoms with Gasteiger partial charge in [0.15, 0.2) is 5.78 Å². The summed E-state index contributed by atoms with van der Waals surface area (Å²) in [6, 6.07) is 0. The predicted octanol–water partition coefficient (Wildman–Crippen LogP) is 2.72. The number of hydrogen-bond acceptors (Lipinski definition) is 3. The number of ketones is 1. The van der Waals surface area contributed by atoms with Gasteiger partial charge in [-0.25, -0.2) is 0 Å². The van der Waals surface area contributed by atoms with Crippen LogP contribution >= 0.6 is 23.5 Å². The van der Waals surface area contributed by atoms with Crippen LogP contribution in [-0.4, -0.2) is 21.9 Å². The average molecular weight is 202 g/mol. The largest absolute Gasteiger partial charge is 0.297 e. The van der Waals surface area contributed by atoms with E-state index in [1.165, 1.54) is 6.42 Å². The highest BCUT2D eigenvalue weighted by Gasteiger charge is 2.20. The number of carbonyl (C=O) groups is 1. The molecule has 0 aromatic rings. The molecule has 0 saturated carbocycles. The molecule has 1 saturated heterocycles. The van der Waals surface area contributed by atoms with Crippen LogP contribution in [0.25, 0.3) is 0 Å². The van der Waals surface area contributed by atoms with Crippen molar-refractivity contribution in [2.75, 3.05) is 11.5 Å². The smallest absolute Gasteiger partial charge is 0.156 e. The maximum Gasteiger partial charge on any atom is 0.156 e. The molecule has 3 heteroatoms. The molecule has 12 heavy (non-hydrogen) atoms. The molecule has 1 fully saturated rings. The first-order chi connectivity index (χ1) is 5.84. The van der Waals surface area contributed by atoms with E-state index >= 15 is 0 Å². The fourth-order valence-electron chi connectivity index (χ4n) is 1.04. The molecule has 0 atom stereocenters. The molecular weight excluding hydrogens is 188 g/mol. The average Bonchev–Trinajstić information content (AvgIpc) is 2.15. The lowest BCUT2D eigenvalue weighted by Gasteiger charge is -2.19. The third-order valence-corrected chi connectivity index (χ3v) is 4.68. The van der Waals surface area contributed by atoms with Gasteiger partial charge < -0.3 is 0 Å². The third-order valence-electron chi connectivity index (χ3n) is 1.68. The maximum absolute atomic E-state index is 11.5. The zero-order valence-electron chi connectivity index (χ0n) is 7.12. The topological polar surface area (TPSA) is 17.1 Å². The van der Waals surface area contributed by atoms with Gasteiger partial charge in [0.25, 0.3) is 0 Å². The van der Waals surface area contributed by atoms with Gasteiger partial charge in [-0.1, -0.05) is 6.08 Å². The van der Waals surface area contributed by atoms with E-state index in [9.17, 15) is 4.79 Å². The summed E-state index contributed by atoms with van der Waals surface area (Å²) < 4.78 is 0.221. The zero-order chi connectivity index (χ0) is 8.81. The number of thioether (sulfide) groups is 2. The van der Waals surface area contributed by atoms with Gasteiger partial charge in [-0.05, 0) is 24.3 Å². The normalized spacial score (nSPS) is 19.0. The Bertz CT molecular complexity index is 162. The van der Waals surface area contributed by atoms with Crippen molar-refractivity contribution in [1.82, 2.24) is 0 Å². The van der Waals surface area contributed by atoms with E-state index in [0.717, 1.165) is 17.9 Å². The van der Waals surface area contributed by atoms with Crippen molar-refractivity contribution in [2.24, 2.45) is 0 Å². The Morgan fingerprint density at radius 2 is 2.17 bits per heavy atom. The minimum Gasteiger partial charge on any atom is -0.297 e. The van der Waals surface area contributed by atoms with Gasteiger partial charge >= 0.3 is 0 Å². The lowest BCUT2D eigenvalue weighted by molar-refractivity contribution is -0.117. The summed E-state index contributed by atoms with van der Waals surface area (Å²) in [5.74, 6) is 2.69. The lowest BCUT2D eigenvalue weighted by Crippen LogP contribution is -2.17. The molecule has 1 aliphatic heterocycles. The zero-order valence-corrected chi connectivity index (χ0v) is 8.76. The summed E-state index contributed by atoms with van der Waals surface area (Å²) in [6.07, 6.45) is 4.57. The summed E-state index contributed by atoms with van der Waals surface area (Å²) >= 11 is 3.60. The Balaban J connectivity index is 2.24. The summed E-state index contributed by atoms with van der Waals surface area (Å²) in [4.78, 5) is 11.5. The van der Waals surface area contributed by atoms with Crippen LogP contribution in [0.3, 0.4) is 0 Å². The Morgan fingerprint density at radius 3 is 2.75 bits per heavy atom. The van der Waals surface area contributed by atoms with Crippen molar-refractivity contribution < 1.29 is 4.79 Å². The van der Waals surface area contributed by atoms with Crippen molar-refractivity contribution >= 4 is 29.3 Å². The Hall–Kier alpha value is 0.110. The van der Waals surface area contributed by atoms with Crippen molar-refractivity contribution in [1.29, 1.82) is 0 Å². The molecule has 0 unspecified atom stereocenters. The number of hydrogen-bond donors (Lipinski definition) is 0. The van der Waals surface area contributed by atoms with Crippen LogP contribution in [0.15, 0.2) is 12.7 Å². The number of rotatable bonds is 4. The number of allylic oxidation sites excluding steroid dienone is 1. The molecule has 0 aromatic heterocycles. The maximum atomic E-state index is 11.5. The molecule has 1 heterocycles. The van der Waals surface area contributed by atoms with Gasteiger partial charge in [0.1, 0.15) is 4.58 Å². The van der Waals surface area contributed by atoms with Crippen molar-refractivity contribution in [3.05, 3.63) is 12.7 Å². The van der Waals surface area contributed by atoms with Gasteiger partial charge in [-0.15, -0.1) is 30.1 Å². The van der Waals surface area contributed by atoms with Crippen LogP contribution in [0.2, 0.25) is 0 Å². The summed E-state index contributed by atoms with van der Waals surface area (Å²) in [6.45, 7) is 3.61. The second-order valence-electron chi connectivity index (χ2n) is 2.72. The first-order valence-corrected chi connectivity index (χ1v) is 6.31. The fraction of sp³-hybridized carbons (Fsp3) is 0.667. The summed E-state index contributed by atoms with van der Waals surface area (Å²) in [7, 11) is 0. The van der Waals surface area contributed by atoms with Crippen LogP contribution in [0.4, 0.5) is 0 Å². The molecule has 1 rings (SSSR count). The molecule has 1 nitrogen and oxygen atoms in total. The monoisotopic (exact) mass is 202 g/mol. The van der Waals surface area contributed by atoms with Crippen LogP contribution in [0.1, 0.15) is 19.3 Å². The van der Waals surface area contributed by atoms with Crippen molar-refractivity contribution in [3.63, 3.8) is 0 Å². The second-order valence-corrected chi connectivity index (χ2v) is 5.45. The minimum atomic E-state index is 0.221. The SMILES string of the molecule is C=CCCC(=O)C1SCCCS1. The van der Waals surface area contributed by atoms with E-state index in [1.807, 2.05) is 6.08 Å². The van der Waals surface area contributed by atoms with Crippen LogP contribution < -0.4 is 0 Å². The number of Topliss-reactive ketones (excluding diaryl/α,β-unsaturated/α-hetero) is 1. The lowest BCUT2D eigenvalue weighted by atomic mass is 10.2. The van der Waals surface area contributed by atoms with Gasteiger partial charge in [0, 0.05) is 6.42 Å². The molecule has 0 bridgehead atoms. The molecule has 0 spiro atoms. The molecule has 0 aromatic carbocycles. The van der Waals surface area contributed by atoms with Gasteiger partial charge in [0.2, 0.25) is 0 Å². The first kappa shape index (κ1) is 10.2. The highest BCUT2D eigenvalue weighted by molar-refractivity contribution is 8.18. The van der Waals surface area contributed by atoms with Crippen molar-refractivity contribution in [2.45, 2.75) is 23.8 Å². The second kappa shape index (κ2) is 5.70. The quantitative estimate of drug-likeness (QED) is 0.652. The molecular formula is C9H14OS2. The van der Waals surface area contributed by atoms with E-state index in [-0.39, 0.29) is 4.58 Å². The predicted molar refractivity (Wildman–Crippen MR) is 57.8 cm³/mol. The van der Waals surface area contributed by atoms with Gasteiger partial charge in [-0.3, -0.25) is 4.79 Å². The van der Waals surface area contributed by atoms with E-state index in [1.54, 1.807) is 23.5 Å². The minimum absolute atomic E-state index is 0.221. The number of carbonyl (C=O) groups excluding carboxylic acids is 1. The third kappa shape index (κ3) is 3.23. The van der Waals surface area contributed by atoms with Crippen LogP contribution in [0, 0.1) is 0 Å². The highest BCUT2D eigenvalue weighted by atomic mass is 32.2. The van der Waals surface area contributed by atoms with Crippen molar-refractivity contribution in [3.8, 4) is 0 Å². The van der Waals surface area contributed by atoms with Gasteiger partial charge in [-0.2, -0.15) is 0 Å². The molecule has 0 radical (unpaired) electrons. The van der Waals surface area contributed by atoms with Crippen LogP contribution in [0.5, 0.6) is 0 Å². The van der Waals surface area contributed by atoms with Crippen LogP contribution in [-0.2, 0) is 4.79 Å². The molecule has 1 aliphatic rings. The summed E-state index contributed by atoms with van der Waals surface area (Å²) in [5.41, 5.74) is 0.